The summed E-state index contributed by atoms with van der Waals surface area (Å²) in [5.74, 6) is -1.91. The van der Waals surface area contributed by atoms with E-state index in [1.54, 1.807) is 45.2 Å². The highest BCUT2D eigenvalue weighted by molar-refractivity contribution is 8.04. The maximum Gasteiger partial charge on any atom is 0.338 e. The van der Waals surface area contributed by atoms with Gasteiger partial charge in [-0.1, -0.05) is 23.9 Å². The van der Waals surface area contributed by atoms with E-state index in [4.69, 9.17) is 19.9 Å². The predicted octanol–water partition coefficient (Wildman–Crippen LogP) is 1.87. The number of carbonyl (C=O) groups is 3. The van der Waals surface area contributed by atoms with Gasteiger partial charge in [-0.3, -0.25) is 9.69 Å². The average Bonchev–Trinajstić information content (AvgIpc) is 3.02. The third kappa shape index (κ3) is 3.46. The van der Waals surface area contributed by atoms with Crippen molar-refractivity contribution in [3.05, 3.63) is 51.8 Å². The molecule has 1 fully saturated rings. The van der Waals surface area contributed by atoms with Gasteiger partial charge in [0.15, 0.2) is 0 Å². The van der Waals surface area contributed by atoms with Crippen LogP contribution in [0.25, 0.3) is 0 Å². The number of nitrogens with two attached hydrogens (primary N) is 1. The quantitative estimate of drug-likeness (QED) is 0.722. The predicted molar refractivity (Wildman–Crippen MR) is 107 cm³/mol. The van der Waals surface area contributed by atoms with Crippen molar-refractivity contribution in [2.45, 2.75) is 25.0 Å². The first kappa shape index (κ1) is 20.8. The van der Waals surface area contributed by atoms with Crippen molar-refractivity contribution in [1.29, 1.82) is 0 Å². The highest BCUT2D eigenvalue weighted by Crippen LogP contribution is 2.49. The van der Waals surface area contributed by atoms with Crippen LogP contribution in [-0.4, -0.2) is 48.8 Å². The van der Waals surface area contributed by atoms with E-state index in [-0.39, 0.29) is 29.5 Å². The summed E-state index contributed by atoms with van der Waals surface area (Å²) in [6.45, 7) is 3.55. The number of hydrogen-bond acceptors (Lipinski definition) is 8. The van der Waals surface area contributed by atoms with Gasteiger partial charge in [0.25, 0.3) is 0 Å². The van der Waals surface area contributed by atoms with E-state index in [1.165, 1.54) is 23.8 Å². The zero-order valence-electron chi connectivity index (χ0n) is 16.6. The van der Waals surface area contributed by atoms with Crippen LogP contribution in [0, 0.1) is 0 Å². The van der Waals surface area contributed by atoms with Crippen LogP contribution in [-0.2, 0) is 23.9 Å². The molecule has 9 heteroatoms. The smallest absolute Gasteiger partial charge is 0.338 e. The third-order valence-corrected chi connectivity index (χ3v) is 5.91. The molecular formula is C20H22N2O6S. The minimum atomic E-state index is -0.843. The van der Waals surface area contributed by atoms with Crippen molar-refractivity contribution < 1.29 is 28.6 Å². The van der Waals surface area contributed by atoms with Crippen LogP contribution in [0.2, 0.25) is 0 Å². The van der Waals surface area contributed by atoms with E-state index in [0.717, 1.165) is 0 Å². The molecule has 0 bridgehead atoms. The van der Waals surface area contributed by atoms with E-state index in [2.05, 4.69) is 0 Å². The maximum atomic E-state index is 13.0. The monoisotopic (exact) mass is 418 g/mol. The number of amides is 1. The first-order valence-electron chi connectivity index (χ1n) is 8.99. The number of fused-ring (bicyclic) bond motifs is 1. The molecule has 2 aliphatic rings. The summed E-state index contributed by atoms with van der Waals surface area (Å²) in [4.78, 5) is 39.5. The van der Waals surface area contributed by atoms with E-state index in [0.29, 0.717) is 16.3 Å². The van der Waals surface area contributed by atoms with Crippen molar-refractivity contribution in [3.8, 4) is 5.75 Å². The normalized spacial score (nSPS) is 21.2. The van der Waals surface area contributed by atoms with Gasteiger partial charge in [-0.2, -0.15) is 0 Å². The van der Waals surface area contributed by atoms with Crippen LogP contribution in [0.15, 0.2) is 46.3 Å². The fourth-order valence-corrected chi connectivity index (χ4v) is 4.54. The minimum absolute atomic E-state index is 0.0209. The Morgan fingerprint density at radius 2 is 1.79 bits per heavy atom. The summed E-state index contributed by atoms with van der Waals surface area (Å²) >= 11 is 1.22. The van der Waals surface area contributed by atoms with Gasteiger partial charge >= 0.3 is 11.9 Å². The summed E-state index contributed by atoms with van der Waals surface area (Å²) in [5, 5.41) is -0.0755. The summed E-state index contributed by atoms with van der Waals surface area (Å²) in [7, 11) is 2.76. The standard InChI is InChI=1S/C20H22N2O6S/c1-5-28-20(25)15-13(11-6-8-12(26-3)9-7-11)14(19(24)27-4)16(21)22-17(23)10(2)29-18(15)22/h6-10,13H,5,21H2,1-4H3/t10-,13-/m0/s1. The number of benzene rings is 1. The molecule has 1 aromatic rings. The molecule has 154 valence electrons. The Bertz CT molecular complexity index is 921. The largest absolute Gasteiger partial charge is 0.497 e. The fourth-order valence-electron chi connectivity index (χ4n) is 3.38. The van der Waals surface area contributed by atoms with Crippen molar-refractivity contribution in [3.63, 3.8) is 0 Å². The van der Waals surface area contributed by atoms with Crippen LogP contribution >= 0.6 is 11.8 Å². The summed E-state index contributed by atoms with van der Waals surface area (Å²) in [6, 6.07) is 6.91. The second-order valence-corrected chi connectivity index (χ2v) is 7.70. The van der Waals surface area contributed by atoms with Crippen LogP contribution in [0.3, 0.4) is 0 Å². The van der Waals surface area contributed by atoms with Gasteiger partial charge in [0.2, 0.25) is 5.91 Å². The molecule has 0 spiro atoms. The molecule has 1 aromatic carbocycles. The molecule has 1 amide bonds. The van der Waals surface area contributed by atoms with Crippen LogP contribution < -0.4 is 10.5 Å². The molecule has 8 nitrogen and oxygen atoms in total. The van der Waals surface area contributed by atoms with Gasteiger partial charge in [0.05, 0.1) is 48.2 Å². The molecule has 1 saturated heterocycles. The lowest BCUT2D eigenvalue weighted by molar-refractivity contribution is -0.139. The molecule has 0 aromatic heterocycles. The van der Waals surface area contributed by atoms with Gasteiger partial charge in [-0.25, -0.2) is 9.59 Å². The Kier molecular flexibility index (Phi) is 5.88. The van der Waals surface area contributed by atoms with Crippen molar-refractivity contribution in [2.24, 2.45) is 5.73 Å². The third-order valence-electron chi connectivity index (χ3n) is 4.73. The van der Waals surface area contributed by atoms with Crippen molar-refractivity contribution >= 4 is 29.6 Å². The van der Waals surface area contributed by atoms with Gasteiger partial charge in [0.1, 0.15) is 11.6 Å². The van der Waals surface area contributed by atoms with E-state index >= 15 is 0 Å². The Labute approximate surface area is 172 Å². The summed E-state index contributed by atoms with van der Waals surface area (Å²) in [6.07, 6.45) is 0. The Morgan fingerprint density at radius 1 is 1.14 bits per heavy atom. The summed E-state index contributed by atoms with van der Waals surface area (Å²) < 4.78 is 15.4. The molecule has 29 heavy (non-hydrogen) atoms. The second-order valence-electron chi connectivity index (χ2n) is 6.37. The van der Waals surface area contributed by atoms with Crippen molar-refractivity contribution in [2.75, 3.05) is 20.8 Å². The molecule has 0 radical (unpaired) electrons. The highest BCUT2D eigenvalue weighted by atomic mass is 32.2. The van der Waals surface area contributed by atoms with Crippen LogP contribution in [0.5, 0.6) is 5.75 Å². The molecular weight excluding hydrogens is 396 g/mol. The van der Waals surface area contributed by atoms with E-state index in [1.807, 2.05) is 0 Å². The van der Waals surface area contributed by atoms with Gasteiger partial charge in [0, 0.05) is 0 Å². The lowest BCUT2D eigenvalue weighted by Crippen LogP contribution is -2.40. The fraction of sp³-hybridized carbons (Fsp3) is 0.350. The average molecular weight is 418 g/mol. The first-order valence-corrected chi connectivity index (χ1v) is 9.87. The Hall–Kier alpha value is -2.94. The number of thioether (sulfide) groups is 1. The van der Waals surface area contributed by atoms with Gasteiger partial charge in [-0.05, 0) is 31.5 Å². The number of ether oxygens (including phenoxy) is 3. The molecule has 2 aliphatic heterocycles. The topological polar surface area (TPSA) is 108 Å². The molecule has 3 rings (SSSR count). The van der Waals surface area contributed by atoms with Crippen LogP contribution in [0.1, 0.15) is 25.3 Å². The zero-order chi connectivity index (χ0) is 21.3. The second kappa shape index (κ2) is 8.20. The molecule has 2 N–H and O–H groups in total. The Morgan fingerprint density at radius 3 is 2.34 bits per heavy atom. The number of carbonyl (C=O) groups excluding carboxylic acids is 3. The number of nitrogens with zero attached hydrogens (tertiary/aromatic N) is 1. The van der Waals surface area contributed by atoms with E-state index < -0.39 is 23.1 Å². The van der Waals surface area contributed by atoms with Gasteiger partial charge < -0.3 is 19.9 Å². The van der Waals surface area contributed by atoms with E-state index in [9.17, 15) is 14.4 Å². The van der Waals surface area contributed by atoms with Crippen LogP contribution in [0.4, 0.5) is 0 Å². The zero-order valence-corrected chi connectivity index (χ0v) is 17.4. The first-order chi connectivity index (χ1) is 13.8. The number of hydrogen-bond donors (Lipinski definition) is 1. The molecule has 0 saturated carbocycles. The van der Waals surface area contributed by atoms with Gasteiger partial charge in [-0.15, -0.1) is 0 Å². The lowest BCUT2D eigenvalue weighted by Gasteiger charge is -2.33. The number of esters is 2. The minimum Gasteiger partial charge on any atom is -0.497 e. The number of methoxy groups -OCH3 is 2. The maximum absolute atomic E-state index is 13.0. The summed E-state index contributed by atoms with van der Waals surface area (Å²) in [5.41, 5.74) is 7.11. The lowest BCUT2D eigenvalue weighted by atomic mass is 9.82. The van der Waals surface area contributed by atoms with Crippen molar-refractivity contribution in [1.82, 2.24) is 4.90 Å². The molecule has 0 unspecified atom stereocenters. The SMILES string of the molecule is CCOC(=O)C1=C2S[C@@H](C)C(=O)N2C(N)=C(C(=O)OC)[C@@H]1c1ccc(OC)cc1. The number of rotatable bonds is 5. The highest BCUT2D eigenvalue weighted by Gasteiger charge is 2.48. The molecule has 2 heterocycles. The molecule has 2 atom stereocenters. The Balaban J connectivity index is 2.28. The molecule has 0 aliphatic carbocycles.